The fourth-order valence-electron chi connectivity index (χ4n) is 2.13. The Morgan fingerprint density at radius 1 is 1.53 bits per heavy atom. The van der Waals surface area contributed by atoms with Gasteiger partial charge in [-0.2, -0.15) is 11.8 Å². The van der Waals surface area contributed by atoms with Gasteiger partial charge in [-0.05, 0) is 31.5 Å². The van der Waals surface area contributed by atoms with E-state index in [9.17, 15) is 0 Å². The van der Waals surface area contributed by atoms with E-state index in [1.54, 1.807) is 0 Å². The van der Waals surface area contributed by atoms with Gasteiger partial charge in [-0.1, -0.05) is 6.92 Å². The van der Waals surface area contributed by atoms with E-state index in [-0.39, 0.29) is 6.04 Å². The second-order valence-electron chi connectivity index (χ2n) is 4.75. The van der Waals surface area contributed by atoms with Crippen LogP contribution in [0.2, 0.25) is 0 Å². The van der Waals surface area contributed by atoms with Crippen LogP contribution in [0.4, 0.5) is 5.82 Å². The second-order valence-corrected chi connectivity index (χ2v) is 6.23. The van der Waals surface area contributed by atoms with E-state index in [1.807, 2.05) is 30.9 Å². The maximum Gasteiger partial charge on any atom is 0.129 e. The van der Waals surface area contributed by atoms with E-state index >= 15 is 0 Å². The van der Waals surface area contributed by atoms with Gasteiger partial charge in [0, 0.05) is 35.8 Å². The predicted octanol–water partition coefficient (Wildman–Crippen LogP) is 2.43. The van der Waals surface area contributed by atoms with E-state index in [0.29, 0.717) is 11.3 Å². The van der Waals surface area contributed by atoms with Crippen LogP contribution in [0.5, 0.6) is 0 Å². The van der Waals surface area contributed by atoms with Gasteiger partial charge in [0.15, 0.2) is 0 Å². The SMILES string of the molecule is CC1SCCN(c2cc([C@H](C)N)ccn2)C1C. The standard InChI is InChI=1S/C13H21N3S/c1-9(14)12-4-5-15-13(8-12)16-6-7-17-11(3)10(16)2/h4-5,8-11H,6-7,14H2,1-3H3/t9-,10?,11?/m0/s1. The molecule has 1 aromatic heterocycles. The summed E-state index contributed by atoms with van der Waals surface area (Å²) in [5.41, 5.74) is 7.08. The molecule has 0 aromatic carbocycles. The third-order valence-electron chi connectivity index (χ3n) is 3.47. The summed E-state index contributed by atoms with van der Waals surface area (Å²) in [6.07, 6.45) is 1.87. The molecule has 2 rings (SSSR count). The summed E-state index contributed by atoms with van der Waals surface area (Å²) in [5, 5.41) is 0.657. The molecule has 3 atom stereocenters. The molecule has 0 bridgehead atoms. The summed E-state index contributed by atoms with van der Waals surface area (Å²) in [4.78, 5) is 6.89. The van der Waals surface area contributed by atoms with Crippen molar-refractivity contribution < 1.29 is 0 Å². The predicted molar refractivity (Wildman–Crippen MR) is 75.6 cm³/mol. The lowest BCUT2D eigenvalue weighted by Gasteiger charge is -2.38. The lowest BCUT2D eigenvalue weighted by Crippen LogP contribution is -2.45. The molecule has 0 amide bonds. The first-order valence-electron chi connectivity index (χ1n) is 6.19. The Hall–Kier alpha value is -0.740. The van der Waals surface area contributed by atoms with Gasteiger partial charge in [0.25, 0.3) is 0 Å². The summed E-state index contributed by atoms with van der Waals surface area (Å²) >= 11 is 2.04. The minimum atomic E-state index is 0.0728. The van der Waals surface area contributed by atoms with Gasteiger partial charge in [0.05, 0.1) is 0 Å². The van der Waals surface area contributed by atoms with Gasteiger partial charge in [0.2, 0.25) is 0 Å². The second kappa shape index (κ2) is 5.27. The smallest absolute Gasteiger partial charge is 0.129 e. The molecule has 1 aliphatic rings. The highest BCUT2D eigenvalue weighted by molar-refractivity contribution is 8.00. The highest BCUT2D eigenvalue weighted by atomic mass is 32.2. The van der Waals surface area contributed by atoms with Crippen LogP contribution in [0.25, 0.3) is 0 Å². The molecule has 0 radical (unpaired) electrons. The molecule has 1 aliphatic heterocycles. The van der Waals surface area contributed by atoms with Crippen molar-refractivity contribution in [2.24, 2.45) is 5.73 Å². The fraction of sp³-hybridized carbons (Fsp3) is 0.615. The Kier molecular flexibility index (Phi) is 3.94. The molecule has 0 saturated carbocycles. The zero-order valence-electron chi connectivity index (χ0n) is 10.8. The van der Waals surface area contributed by atoms with Gasteiger partial charge >= 0.3 is 0 Å². The number of thioether (sulfide) groups is 1. The minimum absolute atomic E-state index is 0.0728. The Morgan fingerprint density at radius 2 is 2.29 bits per heavy atom. The van der Waals surface area contributed by atoms with E-state index < -0.39 is 0 Å². The lowest BCUT2D eigenvalue weighted by atomic mass is 10.1. The van der Waals surface area contributed by atoms with Gasteiger partial charge in [-0.25, -0.2) is 4.98 Å². The summed E-state index contributed by atoms with van der Waals surface area (Å²) in [6, 6.07) is 4.73. The van der Waals surface area contributed by atoms with Crippen molar-refractivity contribution in [2.75, 3.05) is 17.2 Å². The summed E-state index contributed by atoms with van der Waals surface area (Å²) in [7, 11) is 0. The number of anilines is 1. The van der Waals surface area contributed by atoms with Crippen LogP contribution in [0.15, 0.2) is 18.3 Å². The van der Waals surface area contributed by atoms with E-state index in [4.69, 9.17) is 5.73 Å². The molecular weight excluding hydrogens is 230 g/mol. The van der Waals surface area contributed by atoms with Gasteiger partial charge in [-0.3, -0.25) is 0 Å². The largest absolute Gasteiger partial charge is 0.352 e. The monoisotopic (exact) mass is 251 g/mol. The minimum Gasteiger partial charge on any atom is -0.352 e. The molecular formula is C13H21N3S. The van der Waals surface area contributed by atoms with Crippen LogP contribution in [0, 0.1) is 0 Å². The highest BCUT2D eigenvalue weighted by Crippen LogP contribution is 2.28. The van der Waals surface area contributed by atoms with Crippen molar-refractivity contribution in [1.82, 2.24) is 4.98 Å². The summed E-state index contributed by atoms with van der Waals surface area (Å²) in [5.74, 6) is 2.25. The molecule has 3 nitrogen and oxygen atoms in total. The number of rotatable bonds is 2. The van der Waals surface area contributed by atoms with Crippen LogP contribution >= 0.6 is 11.8 Å². The lowest BCUT2D eigenvalue weighted by molar-refractivity contribution is 0.619. The van der Waals surface area contributed by atoms with Crippen molar-refractivity contribution >= 4 is 17.6 Å². The third kappa shape index (κ3) is 2.75. The summed E-state index contributed by atoms with van der Waals surface area (Å²) in [6.45, 7) is 7.65. The quantitative estimate of drug-likeness (QED) is 0.876. The first-order valence-corrected chi connectivity index (χ1v) is 7.24. The number of aromatic nitrogens is 1. The van der Waals surface area contributed by atoms with Crippen molar-refractivity contribution in [3.05, 3.63) is 23.9 Å². The van der Waals surface area contributed by atoms with Crippen LogP contribution in [-0.4, -0.2) is 28.6 Å². The molecule has 0 spiro atoms. The van der Waals surface area contributed by atoms with Crippen LogP contribution in [-0.2, 0) is 0 Å². The first kappa shape index (κ1) is 12.7. The molecule has 94 valence electrons. The molecule has 2 heterocycles. The van der Waals surface area contributed by atoms with E-state index in [0.717, 1.165) is 17.9 Å². The molecule has 1 fully saturated rings. The maximum absolute atomic E-state index is 5.92. The highest BCUT2D eigenvalue weighted by Gasteiger charge is 2.26. The normalized spacial score (nSPS) is 26.9. The maximum atomic E-state index is 5.92. The molecule has 1 aromatic rings. The molecule has 2 unspecified atom stereocenters. The Bertz CT molecular complexity index is 381. The van der Waals surface area contributed by atoms with E-state index in [1.165, 1.54) is 5.75 Å². The number of pyridine rings is 1. The zero-order chi connectivity index (χ0) is 12.4. The molecule has 0 aliphatic carbocycles. The Labute approximate surface area is 108 Å². The van der Waals surface area contributed by atoms with Gasteiger partial charge < -0.3 is 10.6 Å². The first-order chi connectivity index (χ1) is 8.09. The van der Waals surface area contributed by atoms with Crippen molar-refractivity contribution in [3.63, 3.8) is 0 Å². The molecule has 4 heteroatoms. The Balaban J connectivity index is 2.23. The van der Waals surface area contributed by atoms with Crippen molar-refractivity contribution in [1.29, 1.82) is 0 Å². The van der Waals surface area contributed by atoms with Crippen molar-refractivity contribution in [2.45, 2.75) is 38.1 Å². The average molecular weight is 251 g/mol. The fourth-order valence-corrected chi connectivity index (χ4v) is 3.23. The molecule has 2 N–H and O–H groups in total. The van der Waals surface area contributed by atoms with Gasteiger partial charge in [-0.15, -0.1) is 0 Å². The van der Waals surface area contributed by atoms with Crippen LogP contribution in [0.3, 0.4) is 0 Å². The number of nitrogens with zero attached hydrogens (tertiary/aromatic N) is 2. The van der Waals surface area contributed by atoms with Crippen LogP contribution < -0.4 is 10.6 Å². The van der Waals surface area contributed by atoms with Crippen LogP contribution in [0.1, 0.15) is 32.4 Å². The summed E-state index contributed by atoms with van der Waals surface area (Å²) < 4.78 is 0. The number of hydrogen-bond acceptors (Lipinski definition) is 4. The number of hydrogen-bond donors (Lipinski definition) is 1. The average Bonchev–Trinajstić information content (AvgIpc) is 2.33. The molecule has 1 saturated heterocycles. The zero-order valence-corrected chi connectivity index (χ0v) is 11.6. The molecule has 17 heavy (non-hydrogen) atoms. The van der Waals surface area contributed by atoms with Gasteiger partial charge in [0.1, 0.15) is 5.82 Å². The topological polar surface area (TPSA) is 42.1 Å². The third-order valence-corrected chi connectivity index (χ3v) is 4.81. The van der Waals surface area contributed by atoms with E-state index in [2.05, 4.69) is 29.8 Å². The van der Waals surface area contributed by atoms with Crippen molar-refractivity contribution in [3.8, 4) is 0 Å². The Morgan fingerprint density at radius 3 is 3.00 bits per heavy atom. The number of nitrogens with two attached hydrogens (primary N) is 1.